The maximum atomic E-state index is 11.1. The first-order valence-electron chi connectivity index (χ1n) is 4.72. The highest BCUT2D eigenvalue weighted by atomic mass is 16.3. The molecule has 3 N–H and O–H groups in total. The third-order valence-corrected chi connectivity index (χ3v) is 2.14. The third kappa shape index (κ3) is 2.03. The number of aromatic amines is 1. The van der Waals surface area contributed by atoms with Gasteiger partial charge in [-0.05, 0) is 5.56 Å². The molecule has 0 spiro atoms. The number of hydrogen-bond donors (Lipinski definition) is 3. The van der Waals surface area contributed by atoms with Crippen molar-refractivity contribution >= 4 is 0 Å². The van der Waals surface area contributed by atoms with Gasteiger partial charge in [0.1, 0.15) is 5.82 Å². The van der Waals surface area contributed by atoms with Crippen LogP contribution in [-0.2, 0) is 6.42 Å². The zero-order valence-corrected chi connectivity index (χ0v) is 8.34. The predicted octanol–water partition coefficient (Wildman–Crippen LogP) is 0.772. The second kappa shape index (κ2) is 4.06. The van der Waals surface area contributed by atoms with Crippen molar-refractivity contribution in [3.63, 3.8) is 0 Å². The van der Waals surface area contributed by atoms with Gasteiger partial charge in [-0.1, -0.05) is 30.3 Å². The Morgan fingerprint density at radius 2 is 1.88 bits per heavy atom. The first kappa shape index (κ1) is 10.2. The lowest BCUT2D eigenvalue weighted by molar-refractivity contribution is 0.379. The van der Waals surface area contributed by atoms with E-state index in [1.54, 1.807) is 0 Å². The Morgan fingerprint density at radius 1 is 1.19 bits per heavy atom. The molecule has 1 heterocycles. The number of aromatic hydroxyl groups is 2. The maximum Gasteiger partial charge on any atom is 0.297 e. The van der Waals surface area contributed by atoms with E-state index in [0.717, 1.165) is 5.56 Å². The molecule has 0 amide bonds. The minimum atomic E-state index is -0.753. The van der Waals surface area contributed by atoms with Crippen molar-refractivity contribution in [2.45, 2.75) is 6.42 Å². The van der Waals surface area contributed by atoms with Crippen molar-refractivity contribution in [3.05, 3.63) is 52.1 Å². The van der Waals surface area contributed by atoms with Crippen LogP contribution >= 0.6 is 0 Å². The Balaban J connectivity index is 2.33. The highest BCUT2D eigenvalue weighted by Gasteiger charge is 2.08. The van der Waals surface area contributed by atoms with Gasteiger partial charge in [-0.25, -0.2) is 0 Å². The molecule has 5 heteroatoms. The van der Waals surface area contributed by atoms with Crippen molar-refractivity contribution in [1.82, 2.24) is 9.97 Å². The number of benzene rings is 1. The molecular formula is C11H10N2O3. The molecule has 0 aliphatic heterocycles. The van der Waals surface area contributed by atoms with E-state index in [9.17, 15) is 9.90 Å². The third-order valence-electron chi connectivity index (χ3n) is 2.14. The Labute approximate surface area is 91.0 Å². The lowest BCUT2D eigenvalue weighted by atomic mass is 10.1. The summed E-state index contributed by atoms with van der Waals surface area (Å²) in [5, 5.41) is 18.2. The van der Waals surface area contributed by atoms with Gasteiger partial charge in [0.25, 0.3) is 11.4 Å². The molecule has 0 saturated carbocycles. The van der Waals surface area contributed by atoms with Crippen LogP contribution in [0, 0.1) is 0 Å². The van der Waals surface area contributed by atoms with Gasteiger partial charge in [0.2, 0.25) is 5.75 Å². The maximum absolute atomic E-state index is 11.1. The molecule has 1 aromatic heterocycles. The Bertz CT molecular complexity index is 549. The summed E-state index contributed by atoms with van der Waals surface area (Å²) in [6, 6.07) is 9.38. The van der Waals surface area contributed by atoms with Crippen LogP contribution in [-0.4, -0.2) is 20.2 Å². The van der Waals surface area contributed by atoms with Crippen molar-refractivity contribution in [3.8, 4) is 11.6 Å². The zero-order chi connectivity index (χ0) is 11.5. The van der Waals surface area contributed by atoms with E-state index in [4.69, 9.17) is 5.11 Å². The normalized spacial score (nSPS) is 10.2. The molecule has 0 fully saturated rings. The monoisotopic (exact) mass is 218 g/mol. The molecule has 2 aromatic rings. The molecule has 5 nitrogen and oxygen atoms in total. The van der Waals surface area contributed by atoms with Crippen LogP contribution in [0.2, 0.25) is 0 Å². The number of nitrogens with zero attached hydrogens (tertiary/aromatic N) is 1. The van der Waals surface area contributed by atoms with Gasteiger partial charge < -0.3 is 15.2 Å². The quantitative estimate of drug-likeness (QED) is 0.695. The van der Waals surface area contributed by atoms with Crippen molar-refractivity contribution < 1.29 is 10.2 Å². The number of hydrogen-bond acceptors (Lipinski definition) is 4. The van der Waals surface area contributed by atoms with Crippen LogP contribution in [0.15, 0.2) is 35.1 Å². The number of H-pyrrole nitrogens is 1. The molecular weight excluding hydrogens is 208 g/mol. The summed E-state index contributed by atoms with van der Waals surface area (Å²) in [6.07, 6.45) is 0.393. The van der Waals surface area contributed by atoms with Gasteiger partial charge in [0.15, 0.2) is 0 Å². The van der Waals surface area contributed by atoms with Crippen LogP contribution in [0.5, 0.6) is 11.6 Å². The van der Waals surface area contributed by atoms with Crippen LogP contribution in [0.3, 0.4) is 0 Å². The molecule has 0 aliphatic carbocycles. The fraction of sp³-hybridized carbons (Fsp3) is 0.0909. The molecule has 82 valence electrons. The topological polar surface area (TPSA) is 86.2 Å². The molecule has 0 saturated heterocycles. The van der Waals surface area contributed by atoms with Gasteiger partial charge in [0.05, 0.1) is 0 Å². The summed E-state index contributed by atoms with van der Waals surface area (Å²) >= 11 is 0. The number of nitrogens with one attached hydrogen (secondary N) is 1. The molecule has 1 aromatic carbocycles. The smallest absolute Gasteiger partial charge is 0.297 e. The summed E-state index contributed by atoms with van der Waals surface area (Å²) in [4.78, 5) is 17.2. The van der Waals surface area contributed by atoms with E-state index < -0.39 is 17.2 Å². The van der Waals surface area contributed by atoms with E-state index in [2.05, 4.69) is 9.97 Å². The summed E-state index contributed by atoms with van der Waals surface area (Å²) in [6.45, 7) is 0. The Hall–Kier alpha value is -2.30. The van der Waals surface area contributed by atoms with Gasteiger partial charge in [-0.3, -0.25) is 4.79 Å². The molecule has 16 heavy (non-hydrogen) atoms. The van der Waals surface area contributed by atoms with Crippen molar-refractivity contribution in [1.29, 1.82) is 0 Å². The second-order valence-electron chi connectivity index (χ2n) is 3.35. The Kier molecular flexibility index (Phi) is 2.59. The molecule has 0 unspecified atom stereocenters. The summed E-state index contributed by atoms with van der Waals surface area (Å²) in [7, 11) is 0. The SMILES string of the molecule is O=c1[nH]c(Cc2ccccc2)nc(O)c1O. The summed E-state index contributed by atoms with van der Waals surface area (Å²) in [5.74, 6) is -1.09. The standard InChI is InChI=1S/C11H10N2O3/c14-9-10(15)12-8(13-11(9)16)6-7-4-2-1-3-5-7/h1-5,14H,6H2,(H2,12,13,15,16). The molecule has 2 rings (SSSR count). The first-order valence-corrected chi connectivity index (χ1v) is 4.72. The molecule has 0 radical (unpaired) electrons. The largest absolute Gasteiger partial charge is 0.499 e. The van der Waals surface area contributed by atoms with E-state index in [1.807, 2.05) is 30.3 Å². The minimum Gasteiger partial charge on any atom is -0.499 e. The van der Waals surface area contributed by atoms with E-state index in [-0.39, 0.29) is 0 Å². The van der Waals surface area contributed by atoms with Crippen LogP contribution < -0.4 is 5.56 Å². The fourth-order valence-corrected chi connectivity index (χ4v) is 1.37. The molecule has 0 aliphatic rings. The highest BCUT2D eigenvalue weighted by Crippen LogP contribution is 2.15. The summed E-state index contributed by atoms with van der Waals surface area (Å²) in [5.41, 5.74) is 0.217. The Morgan fingerprint density at radius 3 is 2.50 bits per heavy atom. The zero-order valence-electron chi connectivity index (χ0n) is 8.34. The summed E-state index contributed by atoms with van der Waals surface area (Å²) < 4.78 is 0. The average molecular weight is 218 g/mol. The van der Waals surface area contributed by atoms with E-state index in [0.29, 0.717) is 12.2 Å². The second-order valence-corrected chi connectivity index (χ2v) is 3.35. The first-order chi connectivity index (χ1) is 7.66. The van der Waals surface area contributed by atoms with E-state index in [1.165, 1.54) is 0 Å². The number of aromatic nitrogens is 2. The fourth-order valence-electron chi connectivity index (χ4n) is 1.37. The van der Waals surface area contributed by atoms with Crippen molar-refractivity contribution in [2.24, 2.45) is 0 Å². The van der Waals surface area contributed by atoms with Crippen LogP contribution in [0.4, 0.5) is 0 Å². The lowest BCUT2D eigenvalue weighted by Gasteiger charge is -2.02. The van der Waals surface area contributed by atoms with Gasteiger partial charge >= 0.3 is 0 Å². The van der Waals surface area contributed by atoms with Crippen molar-refractivity contribution in [2.75, 3.05) is 0 Å². The van der Waals surface area contributed by atoms with Gasteiger partial charge in [0, 0.05) is 6.42 Å². The van der Waals surface area contributed by atoms with Gasteiger partial charge in [-0.15, -0.1) is 0 Å². The minimum absolute atomic E-state index is 0.312. The average Bonchev–Trinajstić information content (AvgIpc) is 2.27. The predicted molar refractivity (Wildman–Crippen MR) is 57.4 cm³/mol. The van der Waals surface area contributed by atoms with Crippen LogP contribution in [0.25, 0.3) is 0 Å². The van der Waals surface area contributed by atoms with E-state index >= 15 is 0 Å². The molecule has 0 bridgehead atoms. The van der Waals surface area contributed by atoms with Gasteiger partial charge in [-0.2, -0.15) is 4.98 Å². The highest BCUT2D eigenvalue weighted by molar-refractivity contribution is 5.29. The van der Waals surface area contributed by atoms with Crippen LogP contribution in [0.1, 0.15) is 11.4 Å². The lowest BCUT2D eigenvalue weighted by Crippen LogP contribution is -2.11. The number of rotatable bonds is 2. The molecule has 0 atom stereocenters.